The van der Waals surface area contributed by atoms with E-state index < -0.39 is 17.7 Å². The number of ether oxygens (including phenoxy) is 1. The molecule has 1 amide bonds. The molecule has 2 atom stereocenters. The molecule has 0 unspecified atom stereocenters. The second-order valence-corrected chi connectivity index (χ2v) is 4.73. The average molecular weight is 201 g/mol. The minimum atomic E-state index is -0.943. The van der Waals surface area contributed by atoms with Gasteiger partial charge in [-0.2, -0.15) is 0 Å². The van der Waals surface area contributed by atoms with Crippen LogP contribution in [0.1, 0.15) is 41.4 Å². The first-order valence-electron chi connectivity index (χ1n) is 5.47. The number of carbonyl (C=O) groups is 1. The number of nitrogens with one attached hydrogen (secondary N) is 1. The summed E-state index contributed by atoms with van der Waals surface area (Å²) >= 11 is 0. The Morgan fingerprint density at radius 2 is 2.21 bits per heavy atom. The lowest BCUT2D eigenvalue weighted by atomic mass is 10.2. The summed E-state index contributed by atoms with van der Waals surface area (Å²) in [6.07, 6.45) is 1.32. The Morgan fingerprint density at radius 3 is 2.64 bits per heavy atom. The van der Waals surface area contributed by atoms with Crippen LogP contribution in [0.3, 0.4) is 0 Å². The van der Waals surface area contributed by atoms with Crippen molar-refractivity contribution in [1.82, 2.24) is 5.32 Å². The van der Waals surface area contributed by atoms with Gasteiger partial charge in [0.25, 0.3) is 0 Å². The van der Waals surface area contributed by atoms with E-state index in [9.17, 15) is 4.79 Å². The van der Waals surface area contributed by atoms with Crippen molar-refractivity contribution in [1.29, 1.82) is 0 Å². The summed E-state index contributed by atoms with van der Waals surface area (Å²) in [5, 5.41) is 2.57. The van der Waals surface area contributed by atoms with Gasteiger partial charge in [-0.3, -0.25) is 0 Å². The summed E-state index contributed by atoms with van der Waals surface area (Å²) < 4.78 is 13.0. The minimum Gasteiger partial charge on any atom is -0.444 e. The Labute approximate surface area is 86.6 Å². The zero-order chi connectivity index (χ0) is 11.7. The number of rotatable bonds is 1. The van der Waals surface area contributed by atoms with Gasteiger partial charge in [-0.25, -0.2) is 4.79 Å². The highest BCUT2D eigenvalue weighted by molar-refractivity contribution is 5.68. The molecule has 1 fully saturated rings. The Balaban J connectivity index is 2.45. The molecular weight excluding hydrogens is 180 g/mol. The van der Waals surface area contributed by atoms with E-state index in [1.165, 1.54) is 0 Å². The molecule has 0 aliphatic heterocycles. The number of alkyl carbamates (subject to hydrolysis) is 1. The predicted molar refractivity (Wildman–Crippen MR) is 55.0 cm³/mol. The maximum atomic E-state index is 11.4. The molecule has 0 heterocycles. The first kappa shape index (κ1) is 9.77. The molecule has 14 heavy (non-hydrogen) atoms. The first-order valence-corrected chi connectivity index (χ1v) is 4.97. The quantitative estimate of drug-likeness (QED) is 0.674. The molecule has 4 heteroatoms. The van der Waals surface area contributed by atoms with Gasteiger partial charge in [-0.1, -0.05) is 0 Å². The molecule has 82 valence electrons. The molecule has 0 aromatic rings. The van der Waals surface area contributed by atoms with Crippen LogP contribution in [0.5, 0.6) is 0 Å². The fourth-order valence-electron chi connectivity index (χ4n) is 1.44. The molecule has 3 N–H and O–H groups in total. The standard InChI is InChI=1S/C10H20N2O2/c1-10(2,3)14-9(13)12-8-5-4-7(11)6-8/h7-8H,4-6,11H2,1-3H3,(H,12,13)/t7-,8-/m1/s1/i8D. The van der Waals surface area contributed by atoms with Gasteiger partial charge >= 0.3 is 6.09 Å². The van der Waals surface area contributed by atoms with Crippen LogP contribution in [0.4, 0.5) is 4.79 Å². The molecule has 1 aliphatic carbocycles. The summed E-state index contributed by atoms with van der Waals surface area (Å²) in [5.41, 5.74) is 5.17. The maximum absolute atomic E-state index is 11.4. The predicted octanol–water partition coefficient (Wildman–Crippen LogP) is 1.39. The molecule has 0 radical (unpaired) electrons. The number of hydrogen-bond acceptors (Lipinski definition) is 3. The highest BCUT2D eigenvalue weighted by Gasteiger charge is 2.25. The number of nitrogens with two attached hydrogens (primary N) is 1. The van der Waals surface area contributed by atoms with Crippen molar-refractivity contribution in [2.75, 3.05) is 0 Å². The van der Waals surface area contributed by atoms with Crippen molar-refractivity contribution >= 4 is 6.09 Å². The Bertz CT molecular complexity index is 252. The third-order valence-electron chi connectivity index (χ3n) is 2.00. The molecule has 0 saturated heterocycles. The number of carbonyl (C=O) groups excluding carboxylic acids is 1. The molecule has 1 aliphatic rings. The zero-order valence-electron chi connectivity index (χ0n) is 10.1. The monoisotopic (exact) mass is 201 g/mol. The third kappa shape index (κ3) is 3.96. The van der Waals surface area contributed by atoms with E-state index >= 15 is 0 Å². The Morgan fingerprint density at radius 1 is 1.57 bits per heavy atom. The van der Waals surface area contributed by atoms with Crippen LogP contribution >= 0.6 is 0 Å². The second kappa shape index (κ2) is 4.17. The highest BCUT2D eigenvalue weighted by atomic mass is 16.6. The van der Waals surface area contributed by atoms with Crippen molar-refractivity contribution in [2.24, 2.45) is 5.73 Å². The van der Waals surface area contributed by atoms with E-state index in [0.717, 1.165) is 6.42 Å². The summed E-state index contributed by atoms with van der Waals surface area (Å²) in [7, 11) is 0. The molecule has 0 aromatic carbocycles. The van der Waals surface area contributed by atoms with Crippen molar-refractivity contribution in [2.45, 2.75) is 57.7 Å². The van der Waals surface area contributed by atoms with Gasteiger partial charge in [-0.05, 0) is 40.0 Å². The topological polar surface area (TPSA) is 64.3 Å². The molecule has 1 rings (SSSR count). The van der Waals surface area contributed by atoms with Crippen molar-refractivity contribution < 1.29 is 10.9 Å². The summed E-state index contributed by atoms with van der Waals surface area (Å²) in [5.74, 6) is 0. The summed E-state index contributed by atoms with van der Waals surface area (Å²) in [6.45, 7) is 5.39. The molecule has 0 aromatic heterocycles. The normalized spacial score (nSPS) is 33.7. The molecule has 1 saturated carbocycles. The van der Waals surface area contributed by atoms with Crippen molar-refractivity contribution in [3.8, 4) is 0 Å². The molecular formula is C10H20N2O2. The van der Waals surface area contributed by atoms with Crippen LogP contribution in [-0.2, 0) is 4.74 Å². The largest absolute Gasteiger partial charge is 0.444 e. The highest BCUT2D eigenvalue weighted by Crippen LogP contribution is 2.17. The van der Waals surface area contributed by atoms with E-state index in [1.54, 1.807) is 20.8 Å². The maximum Gasteiger partial charge on any atom is 0.407 e. The van der Waals surface area contributed by atoms with Gasteiger partial charge in [0.1, 0.15) is 5.60 Å². The van der Waals surface area contributed by atoms with E-state index in [2.05, 4.69) is 5.32 Å². The first-order chi connectivity index (χ1) is 6.70. The average Bonchev–Trinajstić information content (AvgIpc) is 2.25. The Hall–Kier alpha value is -0.770. The van der Waals surface area contributed by atoms with E-state index in [-0.39, 0.29) is 6.04 Å². The fraction of sp³-hybridized carbons (Fsp3) is 0.900. The fourth-order valence-corrected chi connectivity index (χ4v) is 1.44. The van der Waals surface area contributed by atoms with Crippen LogP contribution in [0.15, 0.2) is 0 Å². The smallest absolute Gasteiger partial charge is 0.407 e. The van der Waals surface area contributed by atoms with Crippen LogP contribution in [0.2, 0.25) is 0 Å². The third-order valence-corrected chi connectivity index (χ3v) is 2.00. The summed E-state index contributed by atoms with van der Waals surface area (Å²) in [6, 6.07) is -0.931. The van der Waals surface area contributed by atoms with Gasteiger partial charge < -0.3 is 15.8 Å². The van der Waals surface area contributed by atoms with Gasteiger partial charge in [0.2, 0.25) is 0 Å². The van der Waals surface area contributed by atoms with Crippen molar-refractivity contribution in [3.63, 3.8) is 0 Å². The van der Waals surface area contributed by atoms with Gasteiger partial charge in [0.15, 0.2) is 0 Å². The number of amides is 1. The minimum absolute atomic E-state index is 0.0115. The van der Waals surface area contributed by atoms with Gasteiger partial charge in [-0.15, -0.1) is 0 Å². The lowest BCUT2D eigenvalue weighted by Gasteiger charge is -2.21. The zero-order valence-corrected chi connectivity index (χ0v) is 9.09. The molecule has 0 bridgehead atoms. The van der Waals surface area contributed by atoms with Crippen LogP contribution in [0, 0.1) is 0 Å². The van der Waals surface area contributed by atoms with Crippen molar-refractivity contribution in [3.05, 3.63) is 0 Å². The van der Waals surface area contributed by atoms with Gasteiger partial charge in [0, 0.05) is 12.1 Å². The SMILES string of the molecule is [2H][C@@]1(NC(=O)OC(C)(C)C)CC[C@@H](N)C1. The molecule has 4 nitrogen and oxygen atoms in total. The summed E-state index contributed by atoms with van der Waals surface area (Å²) in [4.78, 5) is 11.4. The lowest BCUT2D eigenvalue weighted by Crippen LogP contribution is -2.38. The second-order valence-electron chi connectivity index (χ2n) is 4.73. The van der Waals surface area contributed by atoms with Gasteiger partial charge in [0.05, 0.1) is 1.37 Å². The lowest BCUT2D eigenvalue weighted by molar-refractivity contribution is 0.0505. The number of hydrogen-bond donors (Lipinski definition) is 2. The van der Waals surface area contributed by atoms with E-state index in [0.29, 0.717) is 12.8 Å². The van der Waals surface area contributed by atoms with Crippen LogP contribution < -0.4 is 11.1 Å². The van der Waals surface area contributed by atoms with Crippen LogP contribution in [0.25, 0.3) is 0 Å². The van der Waals surface area contributed by atoms with E-state index in [4.69, 9.17) is 11.8 Å². The van der Waals surface area contributed by atoms with Crippen LogP contribution in [-0.4, -0.2) is 23.8 Å². The molecule has 0 spiro atoms. The Kier molecular flexibility index (Phi) is 2.91. The van der Waals surface area contributed by atoms with E-state index in [1.807, 2.05) is 0 Å².